The van der Waals surface area contributed by atoms with Crippen molar-refractivity contribution in [3.63, 3.8) is 0 Å². The smallest absolute Gasteiger partial charge is 0.166 e. The van der Waals surface area contributed by atoms with Crippen molar-refractivity contribution in [2.45, 2.75) is 40.0 Å². The molecular formula is C23H26O4. The van der Waals surface area contributed by atoms with Crippen molar-refractivity contribution >= 4 is 11.6 Å². The molecule has 4 nitrogen and oxygen atoms in total. The predicted octanol–water partition coefficient (Wildman–Crippen LogP) is 4.50. The summed E-state index contributed by atoms with van der Waals surface area (Å²) in [7, 11) is 1.49. The lowest BCUT2D eigenvalue weighted by Crippen LogP contribution is -2.57. The minimum absolute atomic E-state index is 0.00779. The van der Waals surface area contributed by atoms with Crippen LogP contribution >= 0.6 is 0 Å². The van der Waals surface area contributed by atoms with Crippen LogP contribution < -0.4 is 4.74 Å². The van der Waals surface area contributed by atoms with Gasteiger partial charge in [0.25, 0.3) is 0 Å². The van der Waals surface area contributed by atoms with Crippen LogP contribution in [-0.4, -0.2) is 23.8 Å². The SMILES string of the molecule is C=CC1=CCC2(C)C(=O)C(C)=C(C)C(=O)C2(C)C1c1ccc(O)c(OC)c1. The van der Waals surface area contributed by atoms with Crippen molar-refractivity contribution < 1.29 is 19.4 Å². The van der Waals surface area contributed by atoms with Gasteiger partial charge in [-0.3, -0.25) is 9.59 Å². The fourth-order valence-corrected chi connectivity index (χ4v) is 4.76. The first-order valence-electron chi connectivity index (χ1n) is 9.10. The number of carbonyl (C=O) groups is 2. The fraction of sp³-hybridized carbons (Fsp3) is 0.391. The molecule has 0 bridgehead atoms. The number of carbonyl (C=O) groups excluding carboxylic acids is 2. The van der Waals surface area contributed by atoms with Gasteiger partial charge in [0, 0.05) is 11.3 Å². The van der Waals surface area contributed by atoms with Crippen molar-refractivity contribution in [1.29, 1.82) is 0 Å². The third-order valence-corrected chi connectivity index (χ3v) is 6.79. The summed E-state index contributed by atoms with van der Waals surface area (Å²) in [4.78, 5) is 26.8. The van der Waals surface area contributed by atoms with E-state index in [0.29, 0.717) is 23.3 Å². The van der Waals surface area contributed by atoms with Crippen molar-refractivity contribution in [3.05, 3.63) is 59.2 Å². The summed E-state index contributed by atoms with van der Waals surface area (Å²) in [6, 6.07) is 5.09. The number of ketones is 2. The van der Waals surface area contributed by atoms with Gasteiger partial charge in [-0.1, -0.05) is 38.6 Å². The molecule has 0 spiro atoms. The molecule has 4 heteroatoms. The van der Waals surface area contributed by atoms with Gasteiger partial charge in [0.05, 0.1) is 12.5 Å². The number of hydrogen-bond acceptors (Lipinski definition) is 4. The monoisotopic (exact) mass is 366 g/mol. The van der Waals surface area contributed by atoms with Crippen molar-refractivity contribution in [1.82, 2.24) is 0 Å². The second kappa shape index (κ2) is 6.22. The summed E-state index contributed by atoms with van der Waals surface area (Å²) in [5, 5.41) is 9.99. The molecule has 1 N–H and O–H groups in total. The number of ether oxygens (including phenoxy) is 1. The van der Waals surface area contributed by atoms with Crippen LogP contribution in [0.15, 0.2) is 53.6 Å². The molecule has 2 aliphatic rings. The first-order valence-corrected chi connectivity index (χ1v) is 9.10. The molecule has 142 valence electrons. The van der Waals surface area contributed by atoms with E-state index >= 15 is 0 Å². The maximum Gasteiger partial charge on any atom is 0.166 e. The Balaban J connectivity index is 2.33. The lowest BCUT2D eigenvalue weighted by atomic mass is 9.45. The highest BCUT2D eigenvalue weighted by Gasteiger charge is 2.63. The Morgan fingerprint density at radius 1 is 1.19 bits per heavy atom. The average molecular weight is 366 g/mol. The first kappa shape index (κ1) is 19.2. The lowest BCUT2D eigenvalue weighted by molar-refractivity contribution is -0.147. The van der Waals surface area contributed by atoms with Crippen LogP contribution in [0.4, 0.5) is 0 Å². The Labute approximate surface area is 160 Å². The van der Waals surface area contributed by atoms with E-state index in [0.717, 1.165) is 11.1 Å². The third-order valence-electron chi connectivity index (χ3n) is 6.79. The Bertz CT molecular complexity index is 920. The summed E-state index contributed by atoms with van der Waals surface area (Å²) < 4.78 is 5.27. The minimum Gasteiger partial charge on any atom is -0.504 e. The topological polar surface area (TPSA) is 63.6 Å². The number of phenols is 1. The third kappa shape index (κ3) is 2.35. The van der Waals surface area contributed by atoms with Gasteiger partial charge in [0.1, 0.15) is 0 Å². The Morgan fingerprint density at radius 3 is 2.41 bits per heavy atom. The first-order chi connectivity index (χ1) is 12.6. The predicted molar refractivity (Wildman–Crippen MR) is 105 cm³/mol. The number of hydrogen-bond donors (Lipinski definition) is 1. The molecule has 0 radical (unpaired) electrons. The van der Waals surface area contributed by atoms with Crippen LogP contribution in [0, 0.1) is 10.8 Å². The molecule has 1 aromatic rings. The van der Waals surface area contributed by atoms with Crippen molar-refractivity contribution in [2.24, 2.45) is 10.8 Å². The van der Waals surface area contributed by atoms with Gasteiger partial charge in [-0.25, -0.2) is 0 Å². The van der Waals surface area contributed by atoms with E-state index in [2.05, 4.69) is 6.58 Å². The van der Waals surface area contributed by atoms with Gasteiger partial charge in [0.2, 0.25) is 0 Å². The number of methoxy groups -OCH3 is 1. The number of aromatic hydroxyl groups is 1. The maximum absolute atomic E-state index is 13.6. The maximum atomic E-state index is 13.6. The Hall–Kier alpha value is -2.62. The second-order valence-electron chi connectivity index (χ2n) is 7.92. The van der Waals surface area contributed by atoms with Crippen LogP contribution in [0.25, 0.3) is 0 Å². The van der Waals surface area contributed by atoms with Gasteiger partial charge in [0.15, 0.2) is 23.1 Å². The van der Waals surface area contributed by atoms with E-state index in [-0.39, 0.29) is 23.2 Å². The van der Waals surface area contributed by atoms with Crippen LogP contribution in [0.5, 0.6) is 11.5 Å². The summed E-state index contributed by atoms with van der Waals surface area (Å²) in [6.07, 6.45) is 4.26. The van der Waals surface area contributed by atoms with E-state index in [1.165, 1.54) is 7.11 Å². The molecule has 3 unspecified atom stereocenters. The zero-order chi connectivity index (χ0) is 20.1. The molecule has 2 aliphatic carbocycles. The lowest BCUT2D eigenvalue weighted by Gasteiger charge is -2.54. The van der Waals surface area contributed by atoms with Gasteiger partial charge in [-0.05, 0) is 54.7 Å². The molecule has 0 amide bonds. The number of rotatable bonds is 3. The highest BCUT2D eigenvalue weighted by molar-refractivity contribution is 6.17. The largest absolute Gasteiger partial charge is 0.504 e. The molecule has 1 aromatic carbocycles. The molecular weight excluding hydrogens is 340 g/mol. The number of Topliss-reactive ketones (excluding diaryl/α,β-unsaturated/α-hetero) is 2. The highest BCUT2D eigenvalue weighted by Crippen LogP contribution is 2.62. The van der Waals surface area contributed by atoms with E-state index in [9.17, 15) is 14.7 Å². The van der Waals surface area contributed by atoms with Crippen molar-refractivity contribution in [2.75, 3.05) is 7.11 Å². The zero-order valence-corrected chi connectivity index (χ0v) is 16.6. The Morgan fingerprint density at radius 2 is 1.81 bits per heavy atom. The summed E-state index contributed by atoms with van der Waals surface area (Å²) in [5.74, 6) is 0.0310. The van der Waals surface area contributed by atoms with Gasteiger partial charge >= 0.3 is 0 Å². The van der Waals surface area contributed by atoms with Crippen molar-refractivity contribution in [3.8, 4) is 11.5 Å². The fourth-order valence-electron chi connectivity index (χ4n) is 4.76. The Kier molecular flexibility index (Phi) is 4.41. The highest BCUT2D eigenvalue weighted by atomic mass is 16.5. The summed E-state index contributed by atoms with van der Waals surface area (Å²) in [5.41, 5.74) is 1.02. The molecule has 0 aromatic heterocycles. The van der Waals surface area contributed by atoms with Crippen LogP contribution in [0.3, 0.4) is 0 Å². The number of allylic oxidation sites excluding steroid dienone is 5. The standard InChI is InChI=1S/C23H26O4/c1-7-15-10-11-22(4)20(25)13(2)14(3)21(26)23(22,5)19(15)16-8-9-17(24)18(12-16)27-6/h7-10,12,19,24H,1,11H2,2-6H3. The minimum atomic E-state index is -0.950. The molecule has 0 aliphatic heterocycles. The average Bonchev–Trinajstić information content (AvgIpc) is 2.67. The molecule has 0 saturated heterocycles. The molecule has 0 heterocycles. The van der Waals surface area contributed by atoms with E-state index in [1.807, 2.05) is 19.9 Å². The normalized spacial score (nSPS) is 30.7. The summed E-state index contributed by atoms with van der Waals surface area (Å²) in [6.45, 7) is 11.2. The van der Waals surface area contributed by atoms with E-state index < -0.39 is 10.8 Å². The molecule has 3 atom stereocenters. The van der Waals surface area contributed by atoms with Crippen LogP contribution in [0.1, 0.15) is 45.6 Å². The second-order valence-corrected chi connectivity index (χ2v) is 7.92. The molecule has 3 rings (SSSR count). The quantitative estimate of drug-likeness (QED) is 0.855. The van der Waals surface area contributed by atoms with Crippen LogP contribution in [0.2, 0.25) is 0 Å². The number of phenolic OH excluding ortho intramolecular Hbond substituents is 1. The van der Waals surface area contributed by atoms with Gasteiger partial charge < -0.3 is 9.84 Å². The number of fused-ring (bicyclic) bond motifs is 1. The van der Waals surface area contributed by atoms with Crippen LogP contribution in [-0.2, 0) is 9.59 Å². The number of benzene rings is 1. The summed E-state index contributed by atoms with van der Waals surface area (Å²) >= 11 is 0. The molecule has 0 saturated carbocycles. The van der Waals surface area contributed by atoms with Gasteiger partial charge in [-0.15, -0.1) is 0 Å². The van der Waals surface area contributed by atoms with E-state index in [4.69, 9.17) is 4.74 Å². The molecule has 27 heavy (non-hydrogen) atoms. The van der Waals surface area contributed by atoms with Gasteiger partial charge in [-0.2, -0.15) is 0 Å². The zero-order valence-electron chi connectivity index (χ0n) is 16.6. The van der Waals surface area contributed by atoms with E-state index in [1.54, 1.807) is 38.1 Å². The molecule has 0 fully saturated rings.